The molecule has 1 N–H and O–H groups in total. The average molecular weight is 258 g/mol. The number of nitrogens with one attached hydrogen (secondary N) is 1. The Balaban J connectivity index is 1.54. The first-order valence-corrected chi connectivity index (χ1v) is 8.00. The molecule has 2 heteroatoms. The predicted octanol–water partition coefficient (Wildman–Crippen LogP) is 3.46. The van der Waals surface area contributed by atoms with Crippen molar-refractivity contribution >= 4 is 5.69 Å². The van der Waals surface area contributed by atoms with Crippen molar-refractivity contribution in [2.75, 3.05) is 31.5 Å². The van der Waals surface area contributed by atoms with E-state index in [0.29, 0.717) is 0 Å². The molecule has 1 aromatic carbocycles. The topological polar surface area (TPSA) is 15.3 Å². The van der Waals surface area contributed by atoms with Gasteiger partial charge in [-0.3, -0.25) is 0 Å². The second kappa shape index (κ2) is 6.42. The van der Waals surface area contributed by atoms with Gasteiger partial charge in [0.15, 0.2) is 0 Å². The van der Waals surface area contributed by atoms with E-state index in [2.05, 4.69) is 28.4 Å². The zero-order chi connectivity index (χ0) is 12.9. The number of aryl methyl sites for hydroxylation is 1. The van der Waals surface area contributed by atoms with Crippen molar-refractivity contribution in [2.45, 2.75) is 44.9 Å². The number of fused-ring (bicyclic) bond motifs is 1. The summed E-state index contributed by atoms with van der Waals surface area (Å²) < 4.78 is 0. The minimum Gasteiger partial charge on any atom is -0.384 e. The molecule has 3 rings (SSSR count). The Morgan fingerprint density at radius 2 is 1.79 bits per heavy atom. The second-order valence-electron chi connectivity index (χ2n) is 5.98. The van der Waals surface area contributed by atoms with Gasteiger partial charge in [0, 0.05) is 18.8 Å². The highest BCUT2D eigenvalue weighted by Crippen LogP contribution is 2.27. The molecule has 1 heterocycles. The SMILES string of the molecule is c1cc2c(c(NCCN3CCCCC3)c1)CCCC2. The van der Waals surface area contributed by atoms with Gasteiger partial charge in [0.1, 0.15) is 0 Å². The smallest absolute Gasteiger partial charge is 0.0375 e. The summed E-state index contributed by atoms with van der Waals surface area (Å²) in [6.07, 6.45) is 9.47. The molecule has 104 valence electrons. The van der Waals surface area contributed by atoms with Gasteiger partial charge in [-0.05, 0) is 68.8 Å². The Hall–Kier alpha value is -1.02. The molecule has 0 bridgehead atoms. The first kappa shape index (κ1) is 13.0. The molecule has 2 nitrogen and oxygen atoms in total. The zero-order valence-corrected chi connectivity index (χ0v) is 12.0. The van der Waals surface area contributed by atoms with Crippen LogP contribution in [0.2, 0.25) is 0 Å². The van der Waals surface area contributed by atoms with Gasteiger partial charge in [0.2, 0.25) is 0 Å². The third kappa shape index (κ3) is 3.30. The third-order valence-corrected chi connectivity index (χ3v) is 4.59. The molecule has 0 saturated carbocycles. The van der Waals surface area contributed by atoms with Crippen LogP contribution in [0.15, 0.2) is 18.2 Å². The summed E-state index contributed by atoms with van der Waals surface area (Å²) in [6, 6.07) is 6.79. The minimum atomic E-state index is 1.09. The molecule has 0 amide bonds. The van der Waals surface area contributed by atoms with E-state index in [9.17, 15) is 0 Å². The molecule has 19 heavy (non-hydrogen) atoms. The van der Waals surface area contributed by atoms with Gasteiger partial charge in [-0.25, -0.2) is 0 Å². The lowest BCUT2D eigenvalue weighted by molar-refractivity contribution is 0.237. The van der Waals surface area contributed by atoms with Gasteiger partial charge >= 0.3 is 0 Å². The van der Waals surface area contributed by atoms with Crippen molar-refractivity contribution in [2.24, 2.45) is 0 Å². The third-order valence-electron chi connectivity index (χ3n) is 4.59. The van der Waals surface area contributed by atoms with Gasteiger partial charge in [0.05, 0.1) is 0 Å². The molecule has 0 atom stereocenters. The number of nitrogens with zero attached hydrogens (tertiary/aromatic N) is 1. The maximum Gasteiger partial charge on any atom is 0.0375 e. The van der Waals surface area contributed by atoms with Gasteiger partial charge in [-0.2, -0.15) is 0 Å². The monoisotopic (exact) mass is 258 g/mol. The molecule has 1 fully saturated rings. The fourth-order valence-corrected chi connectivity index (χ4v) is 3.48. The number of piperidine rings is 1. The van der Waals surface area contributed by atoms with Crippen LogP contribution in [0.5, 0.6) is 0 Å². The predicted molar refractivity (Wildman–Crippen MR) is 81.9 cm³/mol. The highest BCUT2D eigenvalue weighted by atomic mass is 15.1. The number of hydrogen-bond acceptors (Lipinski definition) is 2. The molecule has 1 aliphatic carbocycles. The molecule has 0 radical (unpaired) electrons. The Bertz CT molecular complexity index is 408. The van der Waals surface area contributed by atoms with E-state index < -0.39 is 0 Å². The van der Waals surface area contributed by atoms with Crippen molar-refractivity contribution in [3.05, 3.63) is 29.3 Å². The maximum absolute atomic E-state index is 3.68. The van der Waals surface area contributed by atoms with E-state index in [1.54, 1.807) is 11.1 Å². The fourth-order valence-electron chi connectivity index (χ4n) is 3.48. The van der Waals surface area contributed by atoms with E-state index in [1.807, 2.05) is 0 Å². The Morgan fingerprint density at radius 3 is 2.68 bits per heavy atom. The Labute approximate surface area is 117 Å². The Morgan fingerprint density at radius 1 is 0.947 bits per heavy atom. The molecular weight excluding hydrogens is 232 g/mol. The molecule has 1 aliphatic heterocycles. The number of benzene rings is 1. The lowest BCUT2D eigenvalue weighted by Crippen LogP contribution is -2.33. The van der Waals surface area contributed by atoms with Crippen LogP contribution in [0.4, 0.5) is 5.69 Å². The number of rotatable bonds is 4. The van der Waals surface area contributed by atoms with Crippen LogP contribution in [-0.4, -0.2) is 31.1 Å². The van der Waals surface area contributed by atoms with E-state index in [0.717, 1.165) is 6.54 Å². The van der Waals surface area contributed by atoms with Crippen LogP contribution in [0.1, 0.15) is 43.2 Å². The van der Waals surface area contributed by atoms with Crippen LogP contribution in [0.25, 0.3) is 0 Å². The number of likely N-dealkylation sites (tertiary alicyclic amines) is 1. The van der Waals surface area contributed by atoms with Gasteiger partial charge in [0.25, 0.3) is 0 Å². The maximum atomic E-state index is 3.68. The largest absolute Gasteiger partial charge is 0.384 e. The highest BCUT2D eigenvalue weighted by Gasteiger charge is 2.13. The van der Waals surface area contributed by atoms with E-state index in [1.165, 1.54) is 70.3 Å². The van der Waals surface area contributed by atoms with Gasteiger partial charge in [-0.15, -0.1) is 0 Å². The molecular formula is C17H26N2. The van der Waals surface area contributed by atoms with Crippen LogP contribution < -0.4 is 5.32 Å². The van der Waals surface area contributed by atoms with Crippen molar-refractivity contribution in [1.29, 1.82) is 0 Å². The van der Waals surface area contributed by atoms with E-state index in [-0.39, 0.29) is 0 Å². The summed E-state index contributed by atoms with van der Waals surface area (Å²) in [5, 5.41) is 3.68. The molecule has 0 aromatic heterocycles. The lowest BCUT2D eigenvalue weighted by atomic mass is 9.90. The van der Waals surface area contributed by atoms with Crippen LogP contribution in [0, 0.1) is 0 Å². The van der Waals surface area contributed by atoms with Gasteiger partial charge < -0.3 is 10.2 Å². The van der Waals surface area contributed by atoms with E-state index >= 15 is 0 Å². The van der Waals surface area contributed by atoms with Gasteiger partial charge in [-0.1, -0.05) is 18.6 Å². The van der Waals surface area contributed by atoms with Crippen molar-refractivity contribution in [3.8, 4) is 0 Å². The summed E-state index contributed by atoms with van der Waals surface area (Å²) in [6.45, 7) is 4.89. The average Bonchev–Trinajstić information content (AvgIpc) is 2.49. The quantitative estimate of drug-likeness (QED) is 0.889. The molecule has 0 unspecified atom stereocenters. The van der Waals surface area contributed by atoms with Crippen LogP contribution in [0.3, 0.4) is 0 Å². The number of anilines is 1. The molecule has 1 aromatic rings. The summed E-state index contributed by atoms with van der Waals surface area (Å²) in [7, 11) is 0. The standard InChI is InChI=1S/C17H26N2/c1-4-12-19(13-5-1)14-11-18-17-10-6-8-15-7-2-3-9-16(15)17/h6,8,10,18H,1-5,7,9,11-14H2. The lowest BCUT2D eigenvalue weighted by Gasteiger charge is -2.27. The first-order valence-electron chi connectivity index (χ1n) is 8.00. The normalized spacial score (nSPS) is 20.0. The Kier molecular flexibility index (Phi) is 4.39. The highest BCUT2D eigenvalue weighted by molar-refractivity contribution is 5.55. The van der Waals surface area contributed by atoms with Crippen molar-refractivity contribution in [3.63, 3.8) is 0 Å². The van der Waals surface area contributed by atoms with Crippen molar-refractivity contribution < 1.29 is 0 Å². The zero-order valence-electron chi connectivity index (χ0n) is 12.0. The van der Waals surface area contributed by atoms with Crippen molar-refractivity contribution in [1.82, 2.24) is 4.90 Å². The number of hydrogen-bond donors (Lipinski definition) is 1. The van der Waals surface area contributed by atoms with E-state index in [4.69, 9.17) is 0 Å². The summed E-state index contributed by atoms with van der Waals surface area (Å²) in [5.41, 5.74) is 4.57. The second-order valence-corrected chi connectivity index (χ2v) is 5.98. The first-order chi connectivity index (χ1) is 9.43. The van der Waals surface area contributed by atoms with Crippen LogP contribution >= 0.6 is 0 Å². The summed E-state index contributed by atoms with van der Waals surface area (Å²) in [4.78, 5) is 2.60. The van der Waals surface area contributed by atoms with Crippen LogP contribution in [-0.2, 0) is 12.8 Å². The fraction of sp³-hybridized carbons (Fsp3) is 0.647. The molecule has 0 spiro atoms. The molecule has 2 aliphatic rings. The summed E-state index contributed by atoms with van der Waals surface area (Å²) in [5.74, 6) is 0. The molecule has 1 saturated heterocycles. The minimum absolute atomic E-state index is 1.09. The summed E-state index contributed by atoms with van der Waals surface area (Å²) >= 11 is 0.